The molecule has 5 heteroatoms. The highest BCUT2D eigenvalue weighted by atomic mass is 32.1. The Labute approximate surface area is 172 Å². The molecule has 4 nitrogen and oxygen atoms in total. The van der Waals surface area contributed by atoms with E-state index in [0.717, 1.165) is 46.7 Å². The Hall–Kier alpha value is -1.72. The molecule has 2 aliphatic carbocycles. The Balaban J connectivity index is 1.77. The predicted molar refractivity (Wildman–Crippen MR) is 117 cm³/mol. The SMILES string of the molecule is C=C(C)c1ccc(N(CC2CC2)c2nc3c(s2)C(C)(C)CC(O)C3(C)C)nc1. The van der Waals surface area contributed by atoms with Crippen LogP contribution in [0.2, 0.25) is 0 Å². The maximum atomic E-state index is 10.8. The highest BCUT2D eigenvalue weighted by Gasteiger charge is 2.47. The first-order chi connectivity index (χ1) is 13.1. The van der Waals surface area contributed by atoms with Crippen molar-refractivity contribution in [3.8, 4) is 0 Å². The van der Waals surface area contributed by atoms with Crippen LogP contribution in [0.4, 0.5) is 10.9 Å². The van der Waals surface area contributed by atoms with Crippen molar-refractivity contribution in [2.75, 3.05) is 11.4 Å². The van der Waals surface area contributed by atoms with E-state index in [2.05, 4.69) is 51.3 Å². The molecule has 1 atom stereocenters. The van der Waals surface area contributed by atoms with Crippen LogP contribution in [0.15, 0.2) is 24.9 Å². The molecule has 0 aliphatic heterocycles. The van der Waals surface area contributed by atoms with Gasteiger partial charge in [0.05, 0.1) is 11.8 Å². The summed E-state index contributed by atoms with van der Waals surface area (Å²) in [5.41, 5.74) is 2.75. The largest absolute Gasteiger partial charge is 0.392 e. The number of allylic oxidation sites excluding steroid dienone is 1. The second kappa shape index (κ2) is 6.67. The molecule has 1 saturated carbocycles. The van der Waals surface area contributed by atoms with Gasteiger partial charge in [-0.15, -0.1) is 11.3 Å². The first-order valence-electron chi connectivity index (χ1n) is 10.2. The van der Waals surface area contributed by atoms with E-state index in [4.69, 9.17) is 9.97 Å². The number of aliphatic hydroxyl groups is 1. The van der Waals surface area contributed by atoms with Crippen molar-refractivity contribution < 1.29 is 5.11 Å². The van der Waals surface area contributed by atoms with E-state index >= 15 is 0 Å². The highest BCUT2D eigenvalue weighted by Crippen LogP contribution is 2.50. The number of hydrogen-bond donors (Lipinski definition) is 1. The van der Waals surface area contributed by atoms with Crippen molar-refractivity contribution >= 4 is 27.9 Å². The van der Waals surface area contributed by atoms with Crippen LogP contribution in [0.3, 0.4) is 0 Å². The molecule has 1 fully saturated rings. The van der Waals surface area contributed by atoms with Gasteiger partial charge in [-0.05, 0) is 55.4 Å². The zero-order valence-corrected chi connectivity index (χ0v) is 18.4. The van der Waals surface area contributed by atoms with E-state index in [0.29, 0.717) is 0 Å². The molecule has 0 aromatic carbocycles. The molecule has 1 N–H and O–H groups in total. The van der Waals surface area contributed by atoms with Gasteiger partial charge in [0.25, 0.3) is 0 Å². The smallest absolute Gasteiger partial charge is 0.191 e. The molecule has 0 radical (unpaired) electrons. The van der Waals surface area contributed by atoms with Gasteiger partial charge in [0, 0.05) is 28.4 Å². The molecule has 0 amide bonds. The lowest BCUT2D eigenvalue weighted by atomic mass is 9.67. The van der Waals surface area contributed by atoms with Crippen molar-refractivity contribution in [3.05, 3.63) is 41.0 Å². The third-order valence-electron chi connectivity index (χ3n) is 6.26. The quantitative estimate of drug-likeness (QED) is 0.730. The Morgan fingerprint density at radius 1 is 1.29 bits per heavy atom. The number of hydrogen-bond acceptors (Lipinski definition) is 5. The molecule has 2 heterocycles. The summed E-state index contributed by atoms with van der Waals surface area (Å²) in [4.78, 5) is 13.4. The predicted octanol–water partition coefficient (Wildman–Crippen LogP) is 5.44. The third-order valence-corrected chi connectivity index (χ3v) is 7.71. The molecule has 0 saturated heterocycles. The van der Waals surface area contributed by atoms with E-state index in [1.165, 1.54) is 17.7 Å². The first-order valence-corrected chi connectivity index (χ1v) is 11.0. The Morgan fingerprint density at radius 3 is 2.57 bits per heavy atom. The molecular weight excluding hydrogens is 366 g/mol. The van der Waals surface area contributed by atoms with Gasteiger partial charge >= 0.3 is 0 Å². The molecule has 2 aromatic rings. The van der Waals surface area contributed by atoms with Crippen molar-refractivity contribution in [1.82, 2.24) is 9.97 Å². The minimum Gasteiger partial charge on any atom is -0.392 e. The zero-order chi connectivity index (χ0) is 20.3. The van der Waals surface area contributed by atoms with Gasteiger partial charge in [-0.25, -0.2) is 9.97 Å². The van der Waals surface area contributed by atoms with Gasteiger partial charge in [-0.1, -0.05) is 34.3 Å². The standard InChI is InChI=1S/C23H31N3OS/c1-14(2)16-9-10-18(24-12-16)26(13-15-7-8-15)21-25-19-20(28-21)22(3,4)11-17(27)23(19,5)6/h9-10,12,15,17,27H,1,7-8,11,13H2,2-6H3. The second-order valence-corrected chi connectivity index (χ2v) is 10.7. The maximum Gasteiger partial charge on any atom is 0.191 e. The average molecular weight is 398 g/mol. The first kappa shape index (κ1) is 19.6. The van der Waals surface area contributed by atoms with Crippen LogP contribution < -0.4 is 4.90 Å². The summed E-state index contributed by atoms with van der Waals surface area (Å²) >= 11 is 1.78. The number of nitrogens with zero attached hydrogens (tertiary/aromatic N) is 3. The summed E-state index contributed by atoms with van der Waals surface area (Å²) in [7, 11) is 0. The number of aliphatic hydroxyl groups excluding tert-OH is 1. The Kier molecular flexibility index (Phi) is 4.66. The van der Waals surface area contributed by atoms with Gasteiger partial charge in [0.2, 0.25) is 0 Å². The molecule has 4 rings (SSSR count). The topological polar surface area (TPSA) is 49.2 Å². The molecule has 28 heavy (non-hydrogen) atoms. The van der Waals surface area contributed by atoms with Crippen LogP contribution in [0.5, 0.6) is 0 Å². The lowest BCUT2D eigenvalue weighted by molar-refractivity contribution is 0.0575. The summed E-state index contributed by atoms with van der Waals surface area (Å²) < 4.78 is 0. The summed E-state index contributed by atoms with van der Waals surface area (Å²) in [5, 5.41) is 11.8. The molecule has 0 bridgehead atoms. The van der Waals surface area contributed by atoms with Crippen molar-refractivity contribution in [2.24, 2.45) is 5.92 Å². The van der Waals surface area contributed by atoms with Gasteiger partial charge < -0.3 is 10.0 Å². The van der Waals surface area contributed by atoms with Crippen molar-refractivity contribution in [3.63, 3.8) is 0 Å². The number of fused-ring (bicyclic) bond motifs is 1. The second-order valence-electron chi connectivity index (χ2n) is 9.74. The van der Waals surface area contributed by atoms with Crippen molar-refractivity contribution in [1.29, 1.82) is 0 Å². The van der Waals surface area contributed by atoms with E-state index in [-0.39, 0.29) is 16.9 Å². The average Bonchev–Trinajstić information content (AvgIpc) is 3.32. The summed E-state index contributed by atoms with van der Waals surface area (Å²) in [5.74, 6) is 1.66. The zero-order valence-electron chi connectivity index (χ0n) is 17.6. The van der Waals surface area contributed by atoms with Gasteiger partial charge in [-0.3, -0.25) is 0 Å². The fourth-order valence-electron chi connectivity index (χ4n) is 3.94. The van der Waals surface area contributed by atoms with Crippen molar-refractivity contribution in [2.45, 2.75) is 70.8 Å². The van der Waals surface area contributed by atoms with Crippen LogP contribution in [-0.2, 0) is 10.8 Å². The molecule has 0 spiro atoms. The minimum absolute atomic E-state index is 0.0668. The molecule has 2 aromatic heterocycles. The van der Waals surface area contributed by atoms with E-state index in [1.54, 1.807) is 11.3 Å². The van der Waals surface area contributed by atoms with E-state index in [9.17, 15) is 5.11 Å². The van der Waals surface area contributed by atoms with Crippen LogP contribution >= 0.6 is 11.3 Å². The maximum absolute atomic E-state index is 10.8. The third kappa shape index (κ3) is 3.39. The number of anilines is 2. The Bertz CT molecular complexity index is 893. The molecule has 150 valence electrons. The normalized spacial score (nSPS) is 22.6. The van der Waals surface area contributed by atoms with Gasteiger partial charge in [-0.2, -0.15) is 0 Å². The lowest BCUT2D eigenvalue weighted by Crippen LogP contribution is -2.44. The molecule has 1 unspecified atom stereocenters. The van der Waals surface area contributed by atoms with E-state index < -0.39 is 0 Å². The van der Waals surface area contributed by atoms with Crippen LogP contribution in [0.1, 0.15) is 70.0 Å². The van der Waals surface area contributed by atoms with Crippen LogP contribution in [0.25, 0.3) is 5.57 Å². The molecular formula is C23H31N3OS. The lowest BCUT2D eigenvalue weighted by Gasteiger charge is -2.41. The Morgan fingerprint density at radius 2 is 2.00 bits per heavy atom. The van der Waals surface area contributed by atoms with Crippen LogP contribution in [0, 0.1) is 5.92 Å². The van der Waals surface area contributed by atoms with Crippen LogP contribution in [-0.4, -0.2) is 27.7 Å². The highest BCUT2D eigenvalue weighted by molar-refractivity contribution is 7.16. The number of rotatable bonds is 5. The number of pyridine rings is 1. The summed E-state index contributed by atoms with van der Waals surface area (Å²) in [6, 6.07) is 4.17. The number of thiazole rings is 1. The summed E-state index contributed by atoms with van der Waals surface area (Å²) in [6.07, 6.45) is 4.85. The van der Waals surface area contributed by atoms with Gasteiger partial charge in [0.1, 0.15) is 5.82 Å². The van der Waals surface area contributed by atoms with E-state index in [1.807, 2.05) is 13.1 Å². The summed E-state index contributed by atoms with van der Waals surface area (Å²) in [6.45, 7) is 15.6. The number of aromatic nitrogens is 2. The minimum atomic E-state index is -0.380. The fourth-order valence-corrected chi connectivity index (χ4v) is 5.30. The monoisotopic (exact) mass is 397 g/mol. The molecule has 2 aliphatic rings. The fraction of sp³-hybridized carbons (Fsp3) is 0.565. The van der Waals surface area contributed by atoms with Gasteiger partial charge in [0.15, 0.2) is 5.13 Å².